The molecular formula is C17H19ClN2O6S. The van der Waals surface area contributed by atoms with Crippen molar-refractivity contribution >= 4 is 45.1 Å². The van der Waals surface area contributed by atoms with Gasteiger partial charge in [-0.1, -0.05) is 11.6 Å². The van der Waals surface area contributed by atoms with E-state index in [9.17, 15) is 22.8 Å². The number of benzene rings is 1. The van der Waals surface area contributed by atoms with Crippen molar-refractivity contribution in [1.82, 2.24) is 4.90 Å². The molecule has 2 aliphatic rings. The van der Waals surface area contributed by atoms with Crippen LogP contribution in [0.25, 0.3) is 0 Å². The summed E-state index contributed by atoms with van der Waals surface area (Å²) in [7, 11) is -2.44. The molecule has 8 nitrogen and oxygen atoms in total. The predicted molar refractivity (Wildman–Crippen MR) is 98.0 cm³/mol. The Morgan fingerprint density at radius 1 is 1.22 bits per heavy atom. The maximum absolute atomic E-state index is 12.8. The van der Waals surface area contributed by atoms with E-state index in [2.05, 4.69) is 0 Å². The molecule has 10 heteroatoms. The monoisotopic (exact) mass is 414 g/mol. The minimum Gasteiger partial charge on any atom is -0.469 e. The van der Waals surface area contributed by atoms with Crippen molar-refractivity contribution in [2.75, 3.05) is 30.3 Å². The molecule has 0 unspecified atom stereocenters. The fourth-order valence-corrected chi connectivity index (χ4v) is 5.04. The highest BCUT2D eigenvalue weighted by Crippen LogP contribution is 2.33. The minimum atomic E-state index is -3.78. The Balaban J connectivity index is 1.81. The van der Waals surface area contributed by atoms with Crippen molar-refractivity contribution in [1.29, 1.82) is 0 Å². The third-order valence-electron chi connectivity index (χ3n) is 4.81. The van der Waals surface area contributed by atoms with Crippen LogP contribution >= 0.6 is 11.6 Å². The molecule has 2 heterocycles. The van der Waals surface area contributed by atoms with E-state index in [1.54, 1.807) is 4.90 Å². The number of esters is 1. The number of hydrogen-bond donors (Lipinski definition) is 0. The average molecular weight is 415 g/mol. The van der Waals surface area contributed by atoms with Gasteiger partial charge in [-0.05, 0) is 31.0 Å². The fraction of sp³-hybridized carbons (Fsp3) is 0.471. The quantitative estimate of drug-likeness (QED) is 0.693. The minimum absolute atomic E-state index is 0.00513. The van der Waals surface area contributed by atoms with Crippen LogP contribution in [0.5, 0.6) is 0 Å². The predicted octanol–water partition coefficient (Wildman–Crippen LogP) is 1.43. The lowest BCUT2D eigenvalue weighted by atomic mass is 9.96. The number of rotatable bonds is 3. The number of sulfonamides is 1. The van der Waals surface area contributed by atoms with Gasteiger partial charge in [0, 0.05) is 25.1 Å². The fourth-order valence-electron chi connectivity index (χ4n) is 3.32. The lowest BCUT2D eigenvalue weighted by molar-refractivity contribution is -0.146. The van der Waals surface area contributed by atoms with Gasteiger partial charge in [0.2, 0.25) is 15.9 Å². The molecule has 146 valence electrons. The number of hydrogen-bond acceptors (Lipinski definition) is 6. The highest BCUT2D eigenvalue weighted by atomic mass is 35.5. The van der Waals surface area contributed by atoms with Crippen LogP contribution in [0.1, 0.15) is 29.6 Å². The van der Waals surface area contributed by atoms with Crippen molar-refractivity contribution < 1.29 is 27.5 Å². The molecule has 2 saturated heterocycles. The highest BCUT2D eigenvalue weighted by molar-refractivity contribution is 7.94. The summed E-state index contributed by atoms with van der Waals surface area (Å²) in [4.78, 5) is 38.0. The Bertz CT molecular complexity index is 893. The first-order valence-electron chi connectivity index (χ1n) is 8.47. The van der Waals surface area contributed by atoms with Crippen molar-refractivity contribution in [2.45, 2.75) is 19.3 Å². The lowest BCUT2D eigenvalue weighted by Crippen LogP contribution is -2.40. The molecule has 1 aromatic rings. The third kappa shape index (κ3) is 3.79. The molecule has 2 amide bonds. The van der Waals surface area contributed by atoms with Crippen LogP contribution < -0.4 is 4.31 Å². The van der Waals surface area contributed by atoms with E-state index in [0.717, 1.165) is 0 Å². The summed E-state index contributed by atoms with van der Waals surface area (Å²) >= 11 is 6.09. The topological polar surface area (TPSA) is 101 Å². The molecule has 2 aliphatic heterocycles. The summed E-state index contributed by atoms with van der Waals surface area (Å²) in [5.74, 6) is -1.66. The van der Waals surface area contributed by atoms with E-state index in [0.29, 0.717) is 30.2 Å². The van der Waals surface area contributed by atoms with Gasteiger partial charge >= 0.3 is 5.97 Å². The van der Waals surface area contributed by atoms with Crippen LogP contribution in [0.15, 0.2) is 18.2 Å². The maximum Gasteiger partial charge on any atom is 0.308 e. The molecule has 2 fully saturated rings. The van der Waals surface area contributed by atoms with E-state index in [-0.39, 0.29) is 46.2 Å². The van der Waals surface area contributed by atoms with Crippen molar-refractivity contribution in [3.05, 3.63) is 28.8 Å². The van der Waals surface area contributed by atoms with Gasteiger partial charge in [-0.2, -0.15) is 0 Å². The van der Waals surface area contributed by atoms with Gasteiger partial charge in [0.15, 0.2) is 0 Å². The van der Waals surface area contributed by atoms with E-state index in [4.69, 9.17) is 16.3 Å². The first-order valence-corrected chi connectivity index (χ1v) is 10.5. The first kappa shape index (κ1) is 19.6. The molecule has 0 spiro atoms. The molecule has 0 atom stereocenters. The number of carbonyl (C=O) groups is 3. The van der Waals surface area contributed by atoms with Gasteiger partial charge in [0.05, 0.1) is 29.5 Å². The van der Waals surface area contributed by atoms with Crippen LogP contribution in [0.3, 0.4) is 0 Å². The molecule has 0 radical (unpaired) electrons. The second kappa shape index (κ2) is 7.47. The maximum atomic E-state index is 12.8. The summed E-state index contributed by atoms with van der Waals surface area (Å²) in [6.45, 7) is 0.773. The number of likely N-dealkylation sites (tertiary alicyclic amines) is 1. The molecule has 0 bridgehead atoms. The van der Waals surface area contributed by atoms with Crippen molar-refractivity contribution in [3.63, 3.8) is 0 Å². The highest BCUT2D eigenvalue weighted by Gasteiger charge is 2.38. The van der Waals surface area contributed by atoms with Gasteiger partial charge in [0.25, 0.3) is 5.91 Å². The Hall–Kier alpha value is -2.13. The Kier molecular flexibility index (Phi) is 5.43. The van der Waals surface area contributed by atoms with E-state index >= 15 is 0 Å². The van der Waals surface area contributed by atoms with Crippen LogP contribution in [-0.4, -0.2) is 57.1 Å². The summed E-state index contributed by atoms with van der Waals surface area (Å²) in [5.41, 5.74) is 0.232. The Morgan fingerprint density at radius 3 is 2.44 bits per heavy atom. The first-order chi connectivity index (χ1) is 12.7. The second-order valence-corrected chi connectivity index (χ2v) is 8.82. The molecule has 0 aliphatic carbocycles. The molecule has 3 rings (SSSR count). The van der Waals surface area contributed by atoms with Crippen molar-refractivity contribution in [2.24, 2.45) is 5.92 Å². The third-order valence-corrected chi connectivity index (χ3v) is 6.80. The van der Waals surface area contributed by atoms with Gasteiger partial charge in [-0.25, -0.2) is 12.7 Å². The Labute approximate surface area is 162 Å². The van der Waals surface area contributed by atoms with Crippen LogP contribution in [0, 0.1) is 5.92 Å². The number of halogens is 1. The number of amides is 2. The molecule has 0 aromatic heterocycles. The van der Waals surface area contributed by atoms with Crippen LogP contribution in [0.2, 0.25) is 5.02 Å². The Morgan fingerprint density at radius 2 is 1.89 bits per heavy atom. The summed E-state index contributed by atoms with van der Waals surface area (Å²) in [6.07, 6.45) is 0.883. The van der Waals surface area contributed by atoms with E-state index < -0.39 is 15.9 Å². The summed E-state index contributed by atoms with van der Waals surface area (Å²) < 4.78 is 29.7. The number of methoxy groups -OCH3 is 1. The van der Waals surface area contributed by atoms with Crippen LogP contribution in [-0.2, 0) is 24.3 Å². The van der Waals surface area contributed by atoms with Gasteiger partial charge in [-0.15, -0.1) is 0 Å². The lowest BCUT2D eigenvalue weighted by Gasteiger charge is -2.31. The summed E-state index contributed by atoms with van der Waals surface area (Å²) in [6, 6.07) is 4.23. The molecular weight excluding hydrogens is 396 g/mol. The SMILES string of the molecule is COC(=O)C1CCN(C(=O)c2ccc(Cl)c(N3C(=O)CCS3(=O)=O)c2)CC1. The van der Waals surface area contributed by atoms with Crippen molar-refractivity contribution in [3.8, 4) is 0 Å². The molecule has 0 N–H and O–H groups in total. The molecule has 27 heavy (non-hydrogen) atoms. The van der Waals surface area contributed by atoms with E-state index in [1.165, 1.54) is 25.3 Å². The van der Waals surface area contributed by atoms with Gasteiger partial charge < -0.3 is 9.64 Å². The number of anilines is 1. The zero-order chi connectivity index (χ0) is 19.8. The average Bonchev–Trinajstić information content (AvgIpc) is 2.94. The normalized spacial score (nSPS) is 20.0. The summed E-state index contributed by atoms with van der Waals surface area (Å²) in [5, 5.41) is 0.0785. The number of carbonyl (C=O) groups excluding carboxylic acids is 3. The number of nitrogens with zero attached hydrogens (tertiary/aromatic N) is 2. The molecule has 1 aromatic carbocycles. The zero-order valence-electron chi connectivity index (χ0n) is 14.7. The van der Waals surface area contributed by atoms with E-state index in [1.807, 2.05) is 0 Å². The smallest absolute Gasteiger partial charge is 0.308 e. The van der Waals surface area contributed by atoms with Gasteiger partial charge in [-0.3, -0.25) is 14.4 Å². The second-order valence-electron chi connectivity index (χ2n) is 6.48. The number of piperidine rings is 1. The largest absolute Gasteiger partial charge is 0.469 e. The molecule has 0 saturated carbocycles. The number of ether oxygens (including phenoxy) is 1. The van der Waals surface area contributed by atoms with Crippen LogP contribution in [0.4, 0.5) is 5.69 Å². The zero-order valence-corrected chi connectivity index (χ0v) is 16.3. The van der Waals surface area contributed by atoms with Gasteiger partial charge in [0.1, 0.15) is 0 Å². The standard InChI is InChI=1S/C17H19ClN2O6S/c1-26-17(23)11-4-7-19(8-5-11)16(22)12-2-3-13(18)14(10-12)20-15(21)6-9-27(20,24)25/h2-3,10-11H,4-9H2,1H3.